The van der Waals surface area contributed by atoms with E-state index in [0.29, 0.717) is 25.7 Å². The van der Waals surface area contributed by atoms with Crippen molar-refractivity contribution >= 4 is 39.5 Å². The van der Waals surface area contributed by atoms with Crippen molar-refractivity contribution in [1.82, 2.24) is 0 Å². The Labute approximate surface area is 572 Å². The maximum atomic E-state index is 13.1. The molecule has 0 aromatic carbocycles. The van der Waals surface area contributed by atoms with E-state index in [1.165, 1.54) is 135 Å². The third-order valence-electron chi connectivity index (χ3n) is 16.3. The standard InChI is InChI=1S/C75H138O17P2/c1-5-9-13-17-21-25-29-33-34-38-42-46-50-54-58-62-75(80)92-71(66-86-73(78)60-56-52-48-44-40-36-31-27-23-19-15-11-7-3)68-90-94(83,84)88-64-69(76)63-87-93(81,82)89-67-70(91-74(79)61-57-53-49-45-41-37-32-28-24-20-16-12-8-4)65-85-72(77)59-55-51-47-43-39-35-30-26-22-18-14-10-6-2/h25-26,28-30,32-34,69-71,76H,5-24,27,31,35-68H2,1-4H3,(H,81,82)(H,83,84)/b29-25-,30-26-,32-28-,34-33-/t69-,70-,71-/m1/s1. The Balaban J connectivity index is 5.33. The largest absolute Gasteiger partial charge is 0.472 e. The molecule has 0 radical (unpaired) electrons. The van der Waals surface area contributed by atoms with Crippen LogP contribution in [0.15, 0.2) is 48.6 Å². The minimum atomic E-state index is -4.97. The van der Waals surface area contributed by atoms with Crippen LogP contribution in [0.4, 0.5) is 0 Å². The SMILES string of the molecule is CCCCCC/C=C\C=C/CCCCCCCC(=O)O[C@H](COC(=O)CCCCCCCCCCCCCCC)COP(=O)(O)OC[C@H](O)COP(=O)(O)OC[C@@H](COC(=O)CCCCCCC/C=C\CCCCCC)OC(=O)CCCCCCC/C=C\CCCCCC. The third kappa shape index (κ3) is 67.6. The van der Waals surface area contributed by atoms with E-state index in [4.69, 9.17) is 37.0 Å². The van der Waals surface area contributed by atoms with E-state index in [1.54, 1.807) is 0 Å². The molecule has 0 aromatic rings. The first-order chi connectivity index (χ1) is 45.7. The van der Waals surface area contributed by atoms with Gasteiger partial charge < -0.3 is 33.8 Å². The minimum Gasteiger partial charge on any atom is -0.462 e. The number of hydrogen-bond donors (Lipinski definition) is 3. The van der Waals surface area contributed by atoms with Gasteiger partial charge >= 0.3 is 39.5 Å². The van der Waals surface area contributed by atoms with Crippen molar-refractivity contribution < 1.29 is 80.2 Å². The van der Waals surface area contributed by atoms with Crippen molar-refractivity contribution in [2.75, 3.05) is 39.6 Å². The highest BCUT2D eigenvalue weighted by atomic mass is 31.2. The zero-order chi connectivity index (χ0) is 69.0. The van der Waals surface area contributed by atoms with Crippen molar-refractivity contribution in [1.29, 1.82) is 0 Å². The molecule has 0 bridgehead atoms. The topological polar surface area (TPSA) is 237 Å². The number of phosphoric ester groups is 2. The normalized spacial score (nSPS) is 14.2. The van der Waals surface area contributed by atoms with Crippen LogP contribution in [0, 0.1) is 0 Å². The van der Waals surface area contributed by atoms with Gasteiger partial charge in [0.1, 0.15) is 19.3 Å². The van der Waals surface area contributed by atoms with Gasteiger partial charge in [0.05, 0.1) is 26.4 Å². The number of esters is 4. The smallest absolute Gasteiger partial charge is 0.462 e. The average Bonchev–Trinajstić information content (AvgIpc) is 2.26. The van der Waals surface area contributed by atoms with E-state index in [9.17, 15) is 43.2 Å². The van der Waals surface area contributed by atoms with Crippen LogP contribution in [-0.2, 0) is 65.4 Å². The number of hydrogen-bond acceptors (Lipinski definition) is 15. The predicted octanol–water partition coefficient (Wildman–Crippen LogP) is 21.3. The van der Waals surface area contributed by atoms with E-state index in [-0.39, 0.29) is 25.7 Å². The van der Waals surface area contributed by atoms with Gasteiger partial charge in [0.2, 0.25) is 0 Å². The number of carbonyl (C=O) groups is 4. The number of aliphatic hydroxyl groups excluding tert-OH is 1. The van der Waals surface area contributed by atoms with Crippen LogP contribution in [0.25, 0.3) is 0 Å². The number of unbranched alkanes of at least 4 members (excludes halogenated alkanes) is 39. The Hall–Kier alpha value is -2.98. The summed E-state index contributed by atoms with van der Waals surface area (Å²) in [5, 5.41) is 10.6. The Bertz CT molecular complexity index is 1980. The molecule has 0 fully saturated rings. The zero-order valence-electron chi connectivity index (χ0n) is 59.9. The monoisotopic (exact) mass is 1370 g/mol. The first-order valence-corrected chi connectivity index (χ1v) is 40.9. The summed E-state index contributed by atoms with van der Waals surface area (Å²) in [4.78, 5) is 72.7. The Morgan fingerprint density at radius 3 is 0.809 bits per heavy atom. The minimum absolute atomic E-state index is 0.0832. The first kappa shape index (κ1) is 91.0. The van der Waals surface area contributed by atoms with Gasteiger partial charge in [-0.1, -0.05) is 269 Å². The molecule has 0 saturated heterocycles. The summed E-state index contributed by atoms with van der Waals surface area (Å²) in [7, 11) is -9.93. The Morgan fingerprint density at radius 2 is 0.521 bits per heavy atom. The number of ether oxygens (including phenoxy) is 4. The van der Waals surface area contributed by atoms with Gasteiger partial charge in [0, 0.05) is 25.7 Å². The lowest BCUT2D eigenvalue weighted by atomic mass is 10.0. The van der Waals surface area contributed by atoms with Gasteiger partial charge in [-0.05, 0) is 103 Å². The van der Waals surface area contributed by atoms with Gasteiger partial charge in [-0.15, -0.1) is 0 Å². The van der Waals surface area contributed by atoms with Crippen molar-refractivity contribution in [3.63, 3.8) is 0 Å². The van der Waals surface area contributed by atoms with Crippen LogP contribution in [-0.4, -0.2) is 96.7 Å². The summed E-state index contributed by atoms with van der Waals surface area (Å²) in [5.74, 6) is -2.18. The summed E-state index contributed by atoms with van der Waals surface area (Å²) >= 11 is 0. The zero-order valence-corrected chi connectivity index (χ0v) is 61.7. The molecule has 3 N–H and O–H groups in total. The Morgan fingerprint density at radius 1 is 0.298 bits per heavy atom. The van der Waals surface area contributed by atoms with Crippen LogP contribution in [0.1, 0.15) is 349 Å². The number of allylic oxidation sites excluding steroid dienone is 8. The fourth-order valence-electron chi connectivity index (χ4n) is 10.4. The molecular weight excluding hydrogens is 1230 g/mol. The molecule has 94 heavy (non-hydrogen) atoms. The van der Waals surface area contributed by atoms with Gasteiger partial charge in [0.25, 0.3) is 0 Å². The number of phosphoric acid groups is 2. The summed E-state index contributed by atoms with van der Waals surface area (Å²) < 4.78 is 68.4. The van der Waals surface area contributed by atoms with Crippen molar-refractivity contribution in [3.8, 4) is 0 Å². The molecule has 0 aromatic heterocycles. The van der Waals surface area contributed by atoms with E-state index in [2.05, 4.69) is 76.3 Å². The molecule has 0 aliphatic heterocycles. The van der Waals surface area contributed by atoms with Crippen molar-refractivity contribution in [2.24, 2.45) is 0 Å². The summed E-state index contributed by atoms with van der Waals surface area (Å²) in [6, 6.07) is 0. The second kappa shape index (κ2) is 68.5. The number of aliphatic hydroxyl groups is 1. The molecule has 0 aliphatic carbocycles. The second-order valence-corrected chi connectivity index (χ2v) is 28.5. The maximum absolute atomic E-state index is 13.1. The van der Waals surface area contributed by atoms with Crippen LogP contribution in [0.5, 0.6) is 0 Å². The van der Waals surface area contributed by atoms with Crippen molar-refractivity contribution in [3.05, 3.63) is 48.6 Å². The van der Waals surface area contributed by atoms with Gasteiger partial charge in [0.15, 0.2) is 12.2 Å². The summed E-state index contributed by atoms with van der Waals surface area (Å²) in [5.41, 5.74) is 0. The molecule has 0 rings (SSSR count). The van der Waals surface area contributed by atoms with Crippen LogP contribution < -0.4 is 0 Å². The molecule has 550 valence electrons. The summed E-state index contributed by atoms with van der Waals surface area (Å²) in [6.07, 6.45) is 63.8. The van der Waals surface area contributed by atoms with Gasteiger partial charge in [-0.25, -0.2) is 9.13 Å². The van der Waals surface area contributed by atoms with Crippen LogP contribution in [0.3, 0.4) is 0 Å². The predicted molar refractivity (Wildman–Crippen MR) is 381 cm³/mol. The van der Waals surface area contributed by atoms with E-state index < -0.39 is 97.5 Å². The average molecular weight is 1370 g/mol. The highest BCUT2D eigenvalue weighted by Gasteiger charge is 2.30. The highest BCUT2D eigenvalue weighted by molar-refractivity contribution is 7.47. The molecule has 19 heteroatoms. The lowest BCUT2D eigenvalue weighted by Gasteiger charge is -2.21. The molecule has 0 heterocycles. The fourth-order valence-corrected chi connectivity index (χ4v) is 12.0. The van der Waals surface area contributed by atoms with Crippen molar-refractivity contribution in [2.45, 2.75) is 367 Å². The molecular formula is C75H138O17P2. The maximum Gasteiger partial charge on any atom is 0.472 e. The van der Waals surface area contributed by atoms with E-state index >= 15 is 0 Å². The molecule has 0 aliphatic rings. The molecule has 0 spiro atoms. The lowest BCUT2D eigenvalue weighted by molar-refractivity contribution is -0.161. The highest BCUT2D eigenvalue weighted by Crippen LogP contribution is 2.45. The van der Waals surface area contributed by atoms with Crippen LogP contribution >= 0.6 is 15.6 Å². The second-order valence-electron chi connectivity index (χ2n) is 25.6. The third-order valence-corrected chi connectivity index (χ3v) is 18.2. The van der Waals surface area contributed by atoms with Gasteiger partial charge in [-0.3, -0.25) is 37.3 Å². The number of rotatable bonds is 72. The molecule has 0 amide bonds. The van der Waals surface area contributed by atoms with Crippen LogP contribution in [0.2, 0.25) is 0 Å². The molecule has 2 unspecified atom stereocenters. The van der Waals surface area contributed by atoms with E-state index in [1.807, 2.05) is 0 Å². The summed E-state index contributed by atoms with van der Waals surface area (Å²) in [6.45, 7) is 4.84. The molecule has 0 saturated carbocycles. The lowest BCUT2D eigenvalue weighted by Crippen LogP contribution is -2.30. The quantitative estimate of drug-likeness (QED) is 0.0128. The Kier molecular flexibility index (Phi) is 66.4. The first-order valence-electron chi connectivity index (χ1n) is 37.9. The van der Waals surface area contributed by atoms with E-state index in [0.717, 1.165) is 135 Å². The molecule has 5 atom stereocenters. The number of carbonyl (C=O) groups excluding carboxylic acids is 4. The molecule has 17 nitrogen and oxygen atoms in total. The fraction of sp³-hybridized carbons (Fsp3) is 0.840. The van der Waals surface area contributed by atoms with Gasteiger partial charge in [-0.2, -0.15) is 0 Å².